The Morgan fingerprint density at radius 1 is 1.25 bits per heavy atom. The summed E-state index contributed by atoms with van der Waals surface area (Å²) in [6.07, 6.45) is 8.65. The van der Waals surface area contributed by atoms with Crippen molar-refractivity contribution in [2.75, 3.05) is 19.7 Å². The molecule has 3 N–H and O–H groups in total. The van der Waals surface area contributed by atoms with Gasteiger partial charge in [0.25, 0.3) is 0 Å². The van der Waals surface area contributed by atoms with Gasteiger partial charge in [-0.3, -0.25) is 0 Å². The van der Waals surface area contributed by atoms with Gasteiger partial charge in [-0.2, -0.15) is 0 Å². The Hall–Kier alpha value is -0.160. The van der Waals surface area contributed by atoms with Gasteiger partial charge in [0.05, 0.1) is 24.4 Å². The van der Waals surface area contributed by atoms with Crippen LogP contribution in [0.15, 0.2) is 0 Å². The summed E-state index contributed by atoms with van der Waals surface area (Å²) in [5.74, 6) is 0.751. The molecule has 0 radical (unpaired) electrons. The van der Waals surface area contributed by atoms with Crippen LogP contribution >= 0.6 is 0 Å². The van der Waals surface area contributed by atoms with Crippen LogP contribution in [0.1, 0.15) is 58.3 Å². The van der Waals surface area contributed by atoms with Crippen molar-refractivity contribution >= 4 is 0 Å². The van der Waals surface area contributed by atoms with Crippen molar-refractivity contribution in [3.63, 3.8) is 0 Å². The van der Waals surface area contributed by atoms with E-state index in [-0.39, 0.29) is 0 Å². The topological polar surface area (TPSA) is 61.7 Å². The van der Waals surface area contributed by atoms with Crippen molar-refractivity contribution in [1.82, 2.24) is 5.32 Å². The Morgan fingerprint density at radius 2 is 2.00 bits per heavy atom. The largest absolute Gasteiger partial charge is 0.389 e. The molecular weight excluding hydrogens is 254 g/mol. The molecule has 2 aliphatic carbocycles. The second kappa shape index (κ2) is 7.74. The molecule has 2 fully saturated rings. The Kier molecular flexibility index (Phi) is 6.27. The molecule has 0 aliphatic heterocycles. The van der Waals surface area contributed by atoms with Gasteiger partial charge in [-0.05, 0) is 31.6 Å². The molecule has 0 aromatic carbocycles. The lowest BCUT2D eigenvalue weighted by molar-refractivity contribution is -0.0325. The van der Waals surface area contributed by atoms with Crippen molar-refractivity contribution in [2.24, 2.45) is 5.92 Å². The van der Waals surface area contributed by atoms with Gasteiger partial charge in [-0.15, -0.1) is 0 Å². The molecule has 4 heteroatoms. The fourth-order valence-electron chi connectivity index (χ4n) is 3.52. The van der Waals surface area contributed by atoms with Gasteiger partial charge in [0.2, 0.25) is 0 Å². The van der Waals surface area contributed by atoms with E-state index in [4.69, 9.17) is 4.74 Å². The van der Waals surface area contributed by atoms with Crippen molar-refractivity contribution in [3.05, 3.63) is 0 Å². The second-order valence-corrected chi connectivity index (χ2v) is 6.94. The van der Waals surface area contributed by atoms with Crippen molar-refractivity contribution in [2.45, 2.75) is 76.1 Å². The normalized spacial score (nSPS) is 31.4. The van der Waals surface area contributed by atoms with Crippen LogP contribution in [0.2, 0.25) is 0 Å². The van der Waals surface area contributed by atoms with E-state index in [1.54, 1.807) is 0 Å². The number of rotatable bonds is 7. The van der Waals surface area contributed by atoms with Crippen LogP contribution < -0.4 is 5.32 Å². The van der Waals surface area contributed by atoms with E-state index in [0.717, 1.165) is 44.4 Å². The van der Waals surface area contributed by atoms with Crippen LogP contribution in [0, 0.1) is 5.92 Å². The fourth-order valence-corrected chi connectivity index (χ4v) is 3.52. The highest BCUT2D eigenvalue weighted by molar-refractivity contribution is 4.86. The molecule has 118 valence electrons. The van der Waals surface area contributed by atoms with Crippen molar-refractivity contribution < 1.29 is 14.9 Å². The van der Waals surface area contributed by atoms with Crippen molar-refractivity contribution in [1.29, 1.82) is 0 Å². The van der Waals surface area contributed by atoms with E-state index in [1.807, 2.05) is 0 Å². The summed E-state index contributed by atoms with van der Waals surface area (Å²) < 4.78 is 5.81. The molecule has 2 saturated carbocycles. The zero-order valence-corrected chi connectivity index (χ0v) is 12.8. The molecule has 0 amide bonds. The van der Waals surface area contributed by atoms with Gasteiger partial charge >= 0.3 is 0 Å². The number of nitrogens with one attached hydrogen (secondary N) is 1. The highest BCUT2D eigenvalue weighted by Crippen LogP contribution is 2.28. The fraction of sp³-hybridized carbons (Fsp3) is 1.00. The maximum absolute atomic E-state index is 10.2. The van der Waals surface area contributed by atoms with Gasteiger partial charge in [-0.25, -0.2) is 0 Å². The van der Waals surface area contributed by atoms with Gasteiger partial charge in [0, 0.05) is 13.1 Å². The minimum absolute atomic E-state index is 0.326. The number of hydrogen-bond donors (Lipinski definition) is 3. The number of ether oxygens (including phenoxy) is 1. The highest BCUT2D eigenvalue weighted by atomic mass is 16.5. The maximum atomic E-state index is 10.2. The lowest BCUT2D eigenvalue weighted by Gasteiger charge is -2.28. The number of hydrogen-bond acceptors (Lipinski definition) is 4. The smallest absolute Gasteiger partial charge is 0.0897 e. The molecule has 20 heavy (non-hydrogen) atoms. The van der Waals surface area contributed by atoms with Crippen LogP contribution in [0.4, 0.5) is 0 Å². The first-order valence-electron chi connectivity index (χ1n) is 8.30. The predicted molar refractivity (Wildman–Crippen MR) is 79.7 cm³/mol. The third kappa shape index (κ3) is 5.32. The van der Waals surface area contributed by atoms with Crippen LogP contribution in [0.25, 0.3) is 0 Å². The average Bonchev–Trinajstić information content (AvgIpc) is 2.83. The molecule has 3 unspecified atom stereocenters. The summed E-state index contributed by atoms with van der Waals surface area (Å²) in [5.41, 5.74) is -0.542. The van der Waals surface area contributed by atoms with Gasteiger partial charge in [0.15, 0.2) is 0 Å². The van der Waals surface area contributed by atoms with Crippen LogP contribution in [0.5, 0.6) is 0 Å². The first-order chi connectivity index (χ1) is 9.57. The zero-order chi connectivity index (χ0) is 14.4. The minimum atomic E-state index is -0.542. The third-order valence-corrected chi connectivity index (χ3v) is 4.78. The molecule has 0 heterocycles. The number of aliphatic hydroxyl groups excluding tert-OH is 1. The van der Waals surface area contributed by atoms with E-state index in [0.29, 0.717) is 25.8 Å². The average molecular weight is 285 g/mol. The lowest BCUT2D eigenvalue weighted by atomic mass is 9.89. The molecule has 0 saturated heterocycles. The Balaban J connectivity index is 1.54. The summed E-state index contributed by atoms with van der Waals surface area (Å²) in [5, 5.41) is 23.3. The Labute approximate surface area is 122 Å². The van der Waals surface area contributed by atoms with Gasteiger partial charge < -0.3 is 20.3 Å². The molecule has 0 aromatic rings. The highest BCUT2D eigenvalue weighted by Gasteiger charge is 2.30. The molecule has 3 atom stereocenters. The van der Waals surface area contributed by atoms with Crippen molar-refractivity contribution in [3.8, 4) is 0 Å². The van der Waals surface area contributed by atoms with Gasteiger partial charge in [0.1, 0.15) is 0 Å². The van der Waals surface area contributed by atoms with E-state index >= 15 is 0 Å². The van der Waals surface area contributed by atoms with E-state index < -0.39 is 11.7 Å². The predicted octanol–water partition coefficient (Wildman–Crippen LogP) is 1.84. The maximum Gasteiger partial charge on any atom is 0.0897 e. The first kappa shape index (κ1) is 16.2. The lowest BCUT2D eigenvalue weighted by Crippen LogP contribution is -2.42. The number of aliphatic hydroxyl groups is 2. The summed E-state index contributed by atoms with van der Waals surface area (Å²) in [6.45, 7) is 3.77. The Bertz CT molecular complexity index is 279. The molecule has 2 aliphatic rings. The minimum Gasteiger partial charge on any atom is -0.389 e. The Morgan fingerprint density at radius 3 is 2.70 bits per heavy atom. The molecule has 0 aromatic heterocycles. The summed E-state index contributed by atoms with van der Waals surface area (Å²) in [6, 6.07) is 0. The SMILES string of the molecule is CC1CCCC(OCC(O)CNCC2(O)CCCC2)C1. The summed E-state index contributed by atoms with van der Waals surface area (Å²) >= 11 is 0. The molecule has 2 rings (SSSR count). The summed E-state index contributed by atoms with van der Waals surface area (Å²) in [7, 11) is 0. The molecule has 4 nitrogen and oxygen atoms in total. The second-order valence-electron chi connectivity index (χ2n) is 6.94. The van der Waals surface area contributed by atoms with E-state index in [1.165, 1.54) is 12.8 Å². The molecule has 0 spiro atoms. The summed E-state index contributed by atoms with van der Waals surface area (Å²) in [4.78, 5) is 0. The monoisotopic (exact) mass is 285 g/mol. The quantitative estimate of drug-likeness (QED) is 0.668. The first-order valence-corrected chi connectivity index (χ1v) is 8.30. The third-order valence-electron chi connectivity index (χ3n) is 4.78. The van der Waals surface area contributed by atoms with Crippen LogP contribution in [-0.4, -0.2) is 47.7 Å². The van der Waals surface area contributed by atoms with Crippen LogP contribution in [-0.2, 0) is 4.74 Å². The molecule has 0 bridgehead atoms. The van der Waals surface area contributed by atoms with Crippen LogP contribution in [0.3, 0.4) is 0 Å². The van der Waals surface area contributed by atoms with E-state index in [9.17, 15) is 10.2 Å². The molecular formula is C16H31NO3. The van der Waals surface area contributed by atoms with E-state index in [2.05, 4.69) is 12.2 Å². The zero-order valence-electron chi connectivity index (χ0n) is 12.8. The standard InChI is InChI=1S/C16H31NO3/c1-13-5-4-6-15(9-13)20-11-14(18)10-17-12-16(19)7-2-3-8-16/h13-15,17-19H,2-12H2,1H3. The van der Waals surface area contributed by atoms with Gasteiger partial charge in [-0.1, -0.05) is 32.6 Å².